The normalized spacial score (nSPS) is 11.1. The quantitative estimate of drug-likeness (QED) is 0.833. The van der Waals surface area contributed by atoms with E-state index in [1.165, 1.54) is 0 Å². The SMILES string of the molecule is COc1ccc(CC(=O)N(Cc2ccccc2)C(C)(C)C)cc1. The van der Waals surface area contributed by atoms with Crippen molar-refractivity contribution in [2.75, 3.05) is 7.11 Å². The van der Waals surface area contributed by atoms with E-state index in [4.69, 9.17) is 4.74 Å². The van der Waals surface area contributed by atoms with Gasteiger partial charge in [0, 0.05) is 12.1 Å². The summed E-state index contributed by atoms with van der Waals surface area (Å²) in [5.74, 6) is 0.935. The van der Waals surface area contributed by atoms with Crippen molar-refractivity contribution in [1.82, 2.24) is 4.90 Å². The van der Waals surface area contributed by atoms with Crippen LogP contribution in [0, 0.1) is 0 Å². The molecule has 0 heterocycles. The van der Waals surface area contributed by atoms with Gasteiger partial charge in [-0.1, -0.05) is 42.5 Å². The fourth-order valence-corrected chi connectivity index (χ4v) is 2.48. The van der Waals surface area contributed by atoms with Crippen LogP contribution in [0.3, 0.4) is 0 Å². The number of hydrogen-bond donors (Lipinski definition) is 0. The molecule has 3 heteroatoms. The van der Waals surface area contributed by atoms with Crippen molar-refractivity contribution in [3.05, 3.63) is 65.7 Å². The van der Waals surface area contributed by atoms with Gasteiger partial charge in [0.25, 0.3) is 0 Å². The molecule has 0 aromatic heterocycles. The van der Waals surface area contributed by atoms with Crippen LogP contribution in [-0.4, -0.2) is 23.5 Å². The maximum Gasteiger partial charge on any atom is 0.227 e. The van der Waals surface area contributed by atoms with Gasteiger partial charge in [-0.2, -0.15) is 0 Å². The summed E-state index contributed by atoms with van der Waals surface area (Å²) in [7, 11) is 1.64. The Hall–Kier alpha value is -2.29. The molecule has 2 aromatic rings. The van der Waals surface area contributed by atoms with Gasteiger partial charge in [0.15, 0.2) is 0 Å². The summed E-state index contributed by atoms with van der Waals surface area (Å²) in [5.41, 5.74) is 1.92. The second-order valence-electron chi connectivity index (χ2n) is 6.66. The Morgan fingerprint density at radius 3 is 2.09 bits per heavy atom. The number of carbonyl (C=O) groups excluding carboxylic acids is 1. The summed E-state index contributed by atoms with van der Waals surface area (Å²) in [5, 5.41) is 0. The Labute approximate surface area is 138 Å². The molecule has 0 radical (unpaired) electrons. The number of nitrogens with zero attached hydrogens (tertiary/aromatic N) is 1. The zero-order valence-corrected chi connectivity index (χ0v) is 14.4. The third kappa shape index (κ3) is 4.85. The van der Waals surface area contributed by atoms with Crippen LogP contribution in [0.5, 0.6) is 5.75 Å². The van der Waals surface area contributed by atoms with E-state index in [2.05, 4.69) is 32.9 Å². The highest BCUT2D eigenvalue weighted by Crippen LogP contribution is 2.20. The number of carbonyl (C=O) groups is 1. The molecule has 3 nitrogen and oxygen atoms in total. The predicted molar refractivity (Wildman–Crippen MR) is 93.4 cm³/mol. The lowest BCUT2D eigenvalue weighted by atomic mass is 10.0. The number of rotatable bonds is 5. The summed E-state index contributed by atoms with van der Waals surface area (Å²) in [6.45, 7) is 6.84. The van der Waals surface area contributed by atoms with E-state index < -0.39 is 0 Å². The standard InChI is InChI=1S/C20H25NO2/c1-20(2,3)21(15-17-8-6-5-7-9-17)19(22)14-16-10-12-18(23-4)13-11-16/h5-13H,14-15H2,1-4H3. The van der Waals surface area contributed by atoms with Gasteiger partial charge in [-0.05, 0) is 44.0 Å². The van der Waals surface area contributed by atoms with Crippen LogP contribution in [-0.2, 0) is 17.8 Å². The number of benzene rings is 2. The summed E-state index contributed by atoms with van der Waals surface area (Å²) in [6, 6.07) is 17.8. The minimum atomic E-state index is -0.223. The third-order valence-electron chi connectivity index (χ3n) is 3.81. The maximum absolute atomic E-state index is 12.8. The second-order valence-corrected chi connectivity index (χ2v) is 6.66. The first kappa shape index (κ1) is 17.1. The van der Waals surface area contributed by atoms with E-state index in [0.717, 1.165) is 16.9 Å². The fourth-order valence-electron chi connectivity index (χ4n) is 2.48. The molecule has 122 valence electrons. The number of methoxy groups -OCH3 is 1. The van der Waals surface area contributed by atoms with Crippen molar-refractivity contribution >= 4 is 5.91 Å². The molecule has 0 aliphatic carbocycles. The van der Waals surface area contributed by atoms with E-state index in [1.54, 1.807) is 7.11 Å². The monoisotopic (exact) mass is 311 g/mol. The largest absolute Gasteiger partial charge is 0.497 e. The molecule has 0 spiro atoms. The molecule has 0 saturated carbocycles. The van der Waals surface area contributed by atoms with Crippen molar-refractivity contribution < 1.29 is 9.53 Å². The highest BCUT2D eigenvalue weighted by molar-refractivity contribution is 5.79. The lowest BCUT2D eigenvalue weighted by Crippen LogP contribution is -2.45. The van der Waals surface area contributed by atoms with Crippen molar-refractivity contribution in [1.29, 1.82) is 0 Å². The second kappa shape index (κ2) is 7.32. The molecule has 0 fully saturated rings. The van der Waals surface area contributed by atoms with Crippen LogP contribution in [0.15, 0.2) is 54.6 Å². The summed E-state index contributed by atoms with van der Waals surface area (Å²) < 4.78 is 5.16. The number of amides is 1. The molecule has 0 saturated heterocycles. The Kier molecular flexibility index (Phi) is 5.43. The first-order valence-electron chi connectivity index (χ1n) is 7.87. The molecule has 0 bridgehead atoms. The molecule has 0 unspecified atom stereocenters. The molecule has 0 aliphatic rings. The van der Waals surface area contributed by atoms with Crippen molar-refractivity contribution in [2.45, 2.75) is 39.3 Å². The summed E-state index contributed by atoms with van der Waals surface area (Å²) >= 11 is 0. The van der Waals surface area contributed by atoms with Gasteiger partial charge in [-0.15, -0.1) is 0 Å². The van der Waals surface area contributed by atoms with Gasteiger partial charge in [0.2, 0.25) is 5.91 Å². The van der Waals surface area contributed by atoms with Gasteiger partial charge in [-0.3, -0.25) is 4.79 Å². The maximum atomic E-state index is 12.8. The van der Waals surface area contributed by atoms with Gasteiger partial charge in [0.05, 0.1) is 13.5 Å². The van der Waals surface area contributed by atoms with Gasteiger partial charge in [0.1, 0.15) is 5.75 Å². The van der Waals surface area contributed by atoms with Crippen LogP contribution >= 0.6 is 0 Å². The molecule has 1 amide bonds. The summed E-state index contributed by atoms with van der Waals surface area (Å²) in [6.07, 6.45) is 0.397. The Morgan fingerprint density at radius 1 is 0.957 bits per heavy atom. The predicted octanol–water partition coefficient (Wildman–Crippen LogP) is 4.07. The minimum Gasteiger partial charge on any atom is -0.497 e. The number of ether oxygens (including phenoxy) is 1. The number of hydrogen-bond acceptors (Lipinski definition) is 2. The molecule has 2 rings (SSSR count). The highest BCUT2D eigenvalue weighted by Gasteiger charge is 2.26. The van der Waals surface area contributed by atoms with Gasteiger partial charge in [-0.25, -0.2) is 0 Å². The molecule has 23 heavy (non-hydrogen) atoms. The van der Waals surface area contributed by atoms with Crippen LogP contribution < -0.4 is 4.74 Å². The van der Waals surface area contributed by atoms with E-state index in [0.29, 0.717) is 13.0 Å². The topological polar surface area (TPSA) is 29.5 Å². The minimum absolute atomic E-state index is 0.131. The van der Waals surface area contributed by atoms with Gasteiger partial charge < -0.3 is 9.64 Å². The molecular weight excluding hydrogens is 286 g/mol. The molecule has 0 atom stereocenters. The molecular formula is C20H25NO2. The lowest BCUT2D eigenvalue weighted by Gasteiger charge is -2.36. The zero-order valence-electron chi connectivity index (χ0n) is 14.4. The van der Waals surface area contributed by atoms with Crippen LogP contribution in [0.1, 0.15) is 31.9 Å². The zero-order chi connectivity index (χ0) is 16.9. The van der Waals surface area contributed by atoms with E-state index in [1.807, 2.05) is 47.4 Å². The first-order chi connectivity index (χ1) is 10.9. The smallest absolute Gasteiger partial charge is 0.227 e. The van der Waals surface area contributed by atoms with Crippen molar-refractivity contribution in [3.8, 4) is 5.75 Å². The lowest BCUT2D eigenvalue weighted by molar-refractivity contribution is -0.136. The van der Waals surface area contributed by atoms with Crippen LogP contribution in [0.25, 0.3) is 0 Å². The van der Waals surface area contributed by atoms with Crippen LogP contribution in [0.2, 0.25) is 0 Å². The molecule has 2 aromatic carbocycles. The third-order valence-corrected chi connectivity index (χ3v) is 3.81. The average molecular weight is 311 g/mol. The van der Waals surface area contributed by atoms with Crippen molar-refractivity contribution in [3.63, 3.8) is 0 Å². The first-order valence-corrected chi connectivity index (χ1v) is 7.87. The van der Waals surface area contributed by atoms with E-state index in [9.17, 15) is 4.79 Å². The highest BCUT2D eigenvalue weighted by atomic mass is 16.5. The Morgan fingerprint density at radius 2 is 1.57 bits per heavy atom. The van der Waals surface area contributed by atoms with Crippen molar-refractivity contribution in [2.24, 2.45) is 0 Å². The molecule has 0 aliphatic heterocycles. The Balaban J connectivity index is 2.13. The van der Waals surface area contributed by atoms with E-state index >= 15 is 0 Å². The summed E-state index contributed by atoms with van der Waals surface area (Å²) in [4.78, 5) is 14.7. The molecule has 0 N–H and O–H groups in total. The van der Waals surface area contributed by atoms with Gasteiger partial charge >= 0.3 is 0 Å². The Bertz CT molecular complexity index is 627. The van der Waals surface area contributed by atoms with Crippen LogP contribution in [0.4, 0.5) is 0 Å². The van der Waals surface area contributed by atoms with E-state index in [-0.39, 0.29) is 11.4 Å². The average Bonchev–Trinajstić information content (AvgIpc) is 2.53. The fraction of sp³-hybridized carbons (Fsp3) is 0.350.